The molecule has 1 heterocycles. The van der Waals surface area contributed by atoms with E-state index < -0.39 is 13.0 Å². The minimum Gasteiger partial charge on any atom is -0.471 e. The summed E-state index contributed by atoms with van der Waals surface area (Å²) in [7, 11) is 0. The molecule has 5 nitrogen and oxygen atoms in total. The van der Waals surface area contributed by atoms with Crippen molar-refractivity contribution in [2.45, 2.75) is 25.9 Å². The van der Waals surface area contributed by atoms with E-state index in [1.165, 1.54) is 6.20 Å². The molecule has 0 bridgehead atoms. The molecular formula is C17H18Cl2F2N4O. The summed E-state index contributed by atoms with van der Waals surface area (Å²) in [5.41, 5.74) is 7.27. The van der Waals surface area contributed by atoms with Gasteiger partial charge in [0.2, 0.25) is 5.88 Å². The Morgan fingerprint density at radius 3 is 2.81 bits per heavy atom. The van der Waals surface area contributed by atoms with Gasteiger partial charge in [0.05, 0.1) is 12.6 Å². The van der Waals surface area contributed by atoms with Crippen molar-refractivity contribution < 1.29 is 13.5 Å². The van der Waals surface area contributed by atoms with Crippen molar-refractivity contribution in [1.82, 2.24) is 10.3 Å². The predicted molar refractivity (Wildman–Crippen MR) is 99.1 cm³/mol. The van der Waals surface area contributed by atoms with Gasteiger partial charge in [0.25, 0.3) is 6.43 Å². The predicted octanol–water partition coefficient (Wildman–Crippen LogP) is 4.20. The zero-order chi connectivity index (χ0) is 19.1. The van der Waals surface area contributed by atoms with Crippen LogP contribution in [0.1, 0.15) is 24.1 Å². The zero-order valence-corrected chi connectivity index (χ0v) is 15.4. The molecule has 1 unspecified atom stereocenters. The van der Waals surface area contributed by atoms with Crippen molar-refractivity contribution in [3.8, 4) is 5.88 Å². The van der Waals surface area contributed by atoms with Crippen LogP contribution in [0.25, 0.3) is 0 Å². The minimum atomic E-state index is -2.58. The average Bonchev–Trinajstić information content (AvgIpc) is 2.58. The summed E-state index contributed by atoms with van der Waals surface area (Å²) in [5.74, 6) is 0.283. The van der Waals surface area contributed by atoms with E-state index >= 15 is 0 Å². The molecule has 0 aliphatic rings. The fourth-order valence-electron chi connectivity index (χ4n) is 2.18. The monoisotopic (exact) mass is 402 g/mol. The van der Waals surface area contributed by atoms with Crippen LogP contribution in [0.4, 0.5) is 8.78 Å². The van der Waals surface area contributed by atoms with Gasteiger partial charge in [-0.15, -0.1) is 0 Å². The Morgan fingerprint density at radius 2 is 2.12 bits per heavy atom. The normalized spacial score (nSPS) is 12.9. The van der Waals surface area contributed by atoms with Gasteiger partial charge in [-0.25, -0.2) is 18.8 Å². The highest BCUT2D eigenvalue weighted by Gasteiger charge is 2.12. The van der Waals surface area contributed by atoms with Gasteiger partial charge in [-0.2, -0.15) is 0 Å². The highest BCUT2D eigenvalue weighted by atomic mass is 35.5. The van der Waals surface area contributed by atoms with Gasteiger partial charge < -0.3 is 15.8 Å². The number of nitrogens with zero attached hydrogens (tertiary/aromatic N) is 2. The summed E-state index contributed by atoms with van der Waals surface area (Å²) in [6.07, 6.45) is -1.12. The maximum atomic E-state index is 12.3. The van der Waals surface area contributed by atoms with Crippen molar-refractivity contribution in [1.29, 1.82) is 0 Å². The van der Waals surface area contributed by atoms with Crippen LogP contribution in [-0.4, -0.2) is 24.0 Å². The van der Waals surface area contributed by atoms with E-state index in [-0.39, 0.29) is 24.4 Å². The number of nitrogens with one attached hydrogen (secondary N) is 1. The topological polar surface area (TPSA) is 72.5 Å². The van der Waals surface area contributed by atoms with Crippen LogP contribution in [0.2, 0.25) is 10.0 Å². The Kier molecular flexibility index (Phi) is 7.41. The quantitative estimate of drug-likeness (QED) is 0.537. The Balaban J connectivity index is 2.02. The van der Waals surface area contributed by atoms with Crippen LogP contribution in [0, 0.1) is 0 Å². The third-order valence-corrected chi connectivity index (χ3v) is 3.97. The molecule has 1 aromatic heterocycles. The first kappa shape index (κ1) is 20.2. The van der Waals surface area contributed by atoms with Crippen molar-refractivity contribution in [2.24, 2.45) is 10.7 Å². The minimum absolute atomic E-state index is 0.109. The number of pyridine rings is 1. The SMILES string of the molecule is CC(NC(N)=NCc1cccnc1OCC(F)F)c1ccc(Cl)cc1Cl. The summed E-state index contributed by atoms with van der Waals surface area (Å²) in [6.45, 7) is 1.28. The van der Waals surface area contributed by atoms with Gasteiger partial charge in [0, 0.05) is 21.8 Å². The smallest absolute Gasteiger partial charge is 0.272 e. The Hall–Kier alpha value is -2.12. The van der Waals surface area contributed by atoms with Gasteiger partial charge >= 0.3 is 0 Å². The highest BCUT2D eigenvalue weighted by molar-refractivity contribution is 6.35. The lowest BCUT2D eigenvalue weighted by molar-refractivity contribution is 0.0791. The van der Waals surface area contributed by atoms with E-state index in [1.54, 1.807) is 30.3 Å². The fourth-order valence-corrected chi connectivity index (χ4v) is 2.76. The molecular weight excluding hydrogens is 385 g/mol. The number of ether oxygens (including phenoxy) is 1. The molecule has 0 aliphatic carbocycles. The highest BCUT2D eigenvalue weighted by Crippen LogP contribution is 2.26. The Labute approximate surface area is 160 Å². The van der Waals surface area contributed by atoms with Crippen molar-refractivity contribution in [2.75, 3.05) is 6.61 Å². The number of aliphatic imine (C=N–C) groups is 1. The molecule has 0 radical (unpaired) electrons. The summed E-state index contributed by atoms with van der Waals surface area (Å²) < 4.78 is 29.6. The standard InChI is InChI=1S/C17H18Cl2F2N4O/c1-10(13-5-4-12(18)7-14(13)19)25-17(22)24-8-11-3-2-6-23-16(11)26-9-15(20)21/h2-7,10,15H,8-9H2,1H3,(H3,22,24,25). The van der Waals surface area contributed by atoms with Gasteiger partial charge in [-0.3, -0.25) is 0 Å². The maximum absolute atomic E-state index is 12.3. The molecule has 0 aliphatic heterocycles. The molecule has 0 spiro atoms. The number of aromatic nitrogens is 1. The molecule has 2 rings (SSSR count). The molecule has 26 heavy (non-hydrogen) atoms. The largest absolute Gasteiger partial charge is 0.471 e. The van der Waals surface area contributed by atoms with E-state index in [4.69, 9.17) is 33.7 Å². The second-order valence-corrected chi connectivity index (χ2v) is 6.25. The first-order chi connectivity index (χ1) is 12.4. The summed E-state index contributed by atoms with van der Waals surface area (Å²) in [5, 5.41) is 4.07. The Bertz CT molecular complexity index is 774. The van der Waals surface area contributed by atoms with Gasteiger partial charge in [0.1, 0.15) is 0 Å². The summed E-state index contributed by atoms with van der Waals surface area (Å²) >= 11 is 12.1. The second kappa shape index (κ2) is 9.54. The fraction of sp³-hybridized carbons (Fsp3) is 0.294. The van der Waals surface area contributed by atoms with Crippen molar-refractivity contribution in [3.05, 3.63) is 57.7 Å². The number of halogens is 4. The number of hydrogen-bond donors (Lipinski definition) is 2. The Morgan fingerprint density at radius 1 is 1.35 bits per heavy atom. The molecule has 0 amide bonds. The average molecular weight is 403 g/mol. The van der Waals surface area contributed by atoms with Crippen LogP contribution in [-0.2, 0) is 6.54 Å². The van der Waals surface area contributed by atoms with Gasteiger partial charge in [0.15, 0.2) is 12.6 Å². The van der Waals surface area contributed by atoms with Crippen LogP contribution in [0.15, 0.2) is 41.5 Å². The number of alkyl halides is 2. The van der Waals surface area contributed by atoms with Crippen molar-refractivity contribution >= 4 is 29.2 Å². The molecule has 9 heteroatoms. The van der Waals surface area contributed by atoms with E-state index in [2.05, 4.69) is 15.3 Å². The first-order valence-corrected chi connectivity index (χ1v) is 8.48. The second-order valence-electron chi connectivity index (χ2n) is 5.40. The van der Waals surface area contributed by atoms with Crippen LogP contribution >= 0.6 is 23.2 Å². The van der Waals surface area contributed by atoms with E-state index in [1.807, 2.05) is 6.92 Å². The third-order valence-electron chi connectivity index (χ3n) is 3.41. The molecule has 1 atom stereocenters. The number of benzene rings is 1. The number of hydrogen-bond acceptors (Lipinski definition) is 3. The maximum Gasteiger partial charge on any atom is 0.272 e. The zero-order valence-electron chi connectivity index (χ0n) is 13.9. The third kappa shape index (κ3) is 6.00. The molecule has 2 aromatic rings. The van der Waals surface area contributed by atoms with Gasteiger partial charge in [-0.1, -0.05) is 35.3 Å². The number of nitrogens with two attached hydrogens (primary N) is 1. The van der Waals surface area contributed by atoms with Crippen molar-refractivity contribution in [3.63, 3.8) is 0 Å². The molecule has 0 saturated carbocycles. The number of rotatable bonds is 7. The molecule has 3 N–H and O–H groups in total. The lowest BCUT2D eigenvalue weighted by Crippen LogP contribution is -2.34. The molecule has 0 saturated heterocycles. The van der Waals surface area contributed by atoms with Crippen LogP contribution in [0.5, 0.6) is 5.88 Å². The van der Waals surface area contributed by atoms with E-state index in [9.17, 15) is 8.78 Å². The van der Waals surface area contributed by atoms with Crippen LogP contribution < -0.4 is 15.8 Å². The number of guanidine groups is 1. The lowest BCUT2D eigenvalue weighted by atomic mass is 10.1. The molecule has 1 aromatic carbocycles. The first-order valence-electron chi connectivity index (χ1n) is 7.73. The molecule has 140 valence electrons. The molecule has 0 fully saturated rings. The summed E-state index contributed by atoms with van der Waals surface area (Å²) in [6, 6.07) is 8.33. The van der Waals surface area contributed by atoms with Crippen LogP contribution in [0.3, 0.4) is 0 Å². The van der Waals surface area contributed by atoms with Gasteiger partial charge in [-0.05, 0) is 30.7 Å². The van der Waals surface area contributed by atoms with E-state index in [0.29, 0.717) is 15.6 Å². The van der Waals surface area contributed by atoms with E-state index in [0.717, 1.165) is 5.56 Å². The lowest BCUT2D eigenvalue weighted by Gasteiger charge is -2.16. The summed E-state index contributed by atoms with van der Waals surface area (Å²) in [4.78, 5) is 8.14.